The van der Waals surface area contributed by atoms with E-state index < -0.39 is 0 Å². The van der Waals surface area contributed by atoms with E-state index in [0.29, 0.717) is 21.9 Å². The number of nitrogens with zero attached hydrogens (tertiary/aromatic N) is 1. The maximum absolute atomic E-state index is 12.1. The number of rotatable bonds is 6. The summed E-state index contributed by atoms with van der Waals surface area (Å²) in [5, 5.41) is 9.15. The van der Waals surface area contributed by atoms with Gasteiger partial charge in [0.15, 0.2) is 5.78 Å². The first-order valence-electron chi connectivity index (χ1n) is 6.87. The Morgan fingerprint density at radius 2 is 1.83 bits per heavy atom. The number of halogens is 1. The van der Waals surface area contributed by atoms with Gasteiger partial charge in [-0.25, -0.2) is 0 Å². The van der Waals surface area contributed by atoms with Crippen LogP contribution in [0, 0.1) is 11.3 Å². The van der Waals surface area contributed by atoms with Crippen molar-refractivity contribution in [3.63, 3.8) is 0 Å². The summed E-state index contributed by atoms with van der Waals surface area (Å²) in [6, 6.07) is 15.9. The van der Waals surface area contributed by atoms with Crippen LogP contribution in [0.5, 0.6) is 5.75 Å². The lowest BCUT2D eigenvalue weighted by Gasteiger charge is -2.04. The molecule has 0 saturated carbocycles. The zero-order chi connectivity index (χ0) is 16.7. The molecule has 2 aromatic rings. The molecule has 0 bridgehead atoms. The molecule has 0 aliphatic rings. The van der Waals surface area contributed by atoms with Gasteiger partial charge >= 0.3 is 0 Å². The van der Waals surface area contributed by atoms with Crippen molar-refractivity contribution >= 4 is 23.5 Å². The number of hydrogen-bond acceptors (Lipinski definition) is 3. The number of carbonyl (C=O) groups excluding carboxylic acids is 1. The smallest absolute Gasteiger partial charge is 0.185 e. The summed E-state index contributed by atoms with van der Waals surface area (Å²) in [5.74, 6) is 0.516. The van der Waals surface area contributed by atoms with Crippen LogP contribution in [0.4, 0.5) is 0 Å². The van der Waals surface area contributed by atoms with Gasteiger partial charge in [0.2, 0.25) is 0 Å². The number of ether oxygens (including phenoxy) is 1. The Morgan fingerprint density at radius 1 is 1.17 bits per heavy atom. The van der Waals surface area contributed by atoms with Crippen molar-refractivity contribution in [2.45, 2.75) is 0 Å². The van der Waals surface area contributed by atoms with E-state index in [1.807, 2.05) is 0 Å². The van der Waals surface area contributed by atoms with E-state index in [0.717, 1.165) is 5.56 Å². The number of benzene rings is 2. The molecule has 0 heterocycles. The van der Waals surface area contributed by atoms with Crippen LogP contribution in [-0.4, -0.2) is 12.4 Å². The minimum atomic E-state index is -0.109. The molecule has 0 aromatic heterocycles. The molecular formula is C19H14ClNO2. The topological polar surface area (TPSA) is 50.1 Å². The van der Waals surface area contributed by atoms with Crippen LogP contribution in [0.2, 0.25) is 0 Å². The monoisotopic (exact) mass is 323 g/mol. The molecule has 0 unspecified atom stereocenters. The van der Waals surface area contributed by atoms with Crippen molar-refractivity contribution in [2.75, 3.05) is 6.61 Å². The average molecular weight is 324 g/mol. The van der Waals surface area contributed by atoms with E-state index in [1.54, 1.807) is 54.6 Å². The van der Waals surface area contributed by atoms with Crippen LogP contribution in [0.15, 0.2) is 66.2 Å². The van der Waals surface area contributed by atoms with Crippen molar-refractivity contribution in [3.8, 4) is 11.8 Å². The molecule has 2 aromatic carbocycles. The number of carbonyl (C=O) groups is 1. The van der Waals surface area contributed by atoms with Crippen molar-refractivity contribution in [1.82, 2.24) is 0 Å². The van der Waals surface area contributed by atoms with Crippen LogP contribution in [0.25, 0.3) is 6.08 Å². The van der Waals surface area contributed by atoms with E-state index in [-0.39, 0.29) is 12.4 Å². The summed E-state index contributed by atoms with van der Waals surface area (Å²) in [7, 11) is 0. The van der Waals surface area contributed by atoms with Gasteiger partial charge in [0.25, 0.3) is 0 Å². The van der Waals surface area contributed by atoms with Gasteiger partial charge in [0.1, 0.15) is 12.4 Å². The lowest BCUT2D eigenvalue weighted by atomic mass is 10.1. The highest BCUT2D eigenvalue weighted by atomic mass is 35.5. The molecule has 2 rings (SSSR count). The quantitative estimate of drug-likeness (QED) is 0.577. The third kappa shape index (κ3) is 5.14. The number of ketones is 1. The molecule has 23 heavy (non-hydrogen) atoms. The van der Waals surface area contributed by atoms with E-state index in [9.17, 15) is 4.79 Å². The summed E-state index contributed by atoms with van der Waals surface area (Å²) >= 11 is 5.63. The van der Waals surface area contributed by atoms with Gasteiger partial charge in [-0.2, -0.15) is 5.26 Å². The lowest BCUT2D eigenvalue weighted by molar-refractivity contribution is 0.104. The third-order valence-electron chi connectivity index (χ3n) is 3.00. The molecule has 0 aliphatic carbocycles. The highest BCUT2D eigenvalue weighted by Crippen LogP contribution is 2.15. The van der Waals surface area contributed by atoms with Crippen LogP contribution >= 0.6 is 11.6 Å². The Bertz CT molecular complexity index is 769. The molecule has 3 nitrogen and oxygen atoms in total. The SMILES string of the molecule is C=C(Cl)COc1ccc(C(=O)/C=C/c2ccc(C#N)cc2)cc1. The maximum atomic E-state index is 12.1. The molecule has 0 atom stereocenters. The first-order valence-corrected chi connectivity index (χ1v) is 7.25. The largest absolute Gasteiger partial charge is 0.488 e. The molecule has 0 saturated heterocycles. The van der Waals surface area contributed by atoms with Gasteiger partial charge in [-0.05, 0) is 48.0 Å². The molecule has 4 heteroatoms. The Morgan fingerprint density at radius 3 is 2.39 bits per heavy atom. The van der Waals surface area contributed by atoms with Crippen molar-refractivity contribution < 1.29 is 9.53 Å². The predicted molar refractivity (Wildman–Crippen MR) is 91.5 cm³/mol. The summed E-state index contributed by atoms with van der Waals surface area (Å²) < 4.78 is 5.37. The molecule has 114 valence electrons. The average Bonchev–Trinajstić information content (AvgIpc) is 2.58. The van der Waals surface area contributed by atoms with Gasteiger partial charge in [0.05, 0.1) is 11.6 Å². The summed E-state index contributed by atoms with van der Waals surface area (Å²) in [4.78, 5) is 12.1. The van der Waals surface area contributed by atoms with Crippen molar-refractivity contribution in [2.24, 2.45) is 0 Å². The summed E-state index contributed by atoms with van der Waals surface area (Å²) in [6.45, 7) is 3.77. The summed E-state index contributed by atoms with van der Waals surface area (Å²) in [5.41, 5.74) is 2.01. The van der Waals surface area contributed by atoms with Gasteiger partial charge < -0.3 is 4.74 Å². The Kier molecular flexibility index (Phi) is 5.74. The fraction of sp³-hybridized carbons (Fsp3) is 0.0526. The van der Waals surface area contributed by atoms with Crippen LogP contribution in [0.3, 0.4) is 0 Å². The first kappa shape index (κ1) is 16.5. The Hall–Kier alpha value is -2.83. The normalized spacial score (nSPS) is 10.3. The molecule has 0 amide bonds. The number of hydrogen-bond donors (Lipinski definition) is 0. The van der Waals surface area contributed by atoms with E-state index in [2.05, 4.69) is 12.6 Å². The van der Waals surface area contributed by atoms with E-state index in [4.69, 9.17) is 21.6 Å². The van der Waals surface area contributed by atoms with Crippen LogP contribution in [0.1, 0.15) is 21.5 Å². The number of allylic oxidation sites excluding steroid dienone is 1. The first-order chi connectivity index (χ1) is 11.1. The maximum Gasteiger partial charge on any atom is 0.185 e. The highest BCUT2D eigenvalue weighted by molar-refractivity contribution is 6.29. The van der Waals surface area contributed by atoms with Crippen molar-refractivity contribution in [3.05, 3.63) is 82.9 Å². The number of nitriles is 1. The third-order valence-corrected chi connectivity index (χ3v) is 3.11. The Balaban J connectivity index is 2.00. The second-order valence-electron chi connectivity index (χ2n) is 4.76. The zero-order valence-corrected chi connectivity index (χ0v) is 13.1. The van der Waals surface area contributed by atoms with Crippen LogP contribution in [-0.2, 0) is 0 Å². The molecule has 0 fully saturated rings. The molecule has 0 spiro atoms. The second-order valence-corrected chi connectivity index (χ2v) is 5.30. The fourth-order valence-corrected chi connectivity index (χ4v) is 1.87. The minimum absolute atomic E-state index is 0.109. The highest BCUT2D eigenvalue weighted by Gasteiger charge is 2.02. The second kappa shape index (κ2) is 7.98. The molecular weight excluding hydrogens is 310 g/mol. The Labute approximate surface area is 140 Å². The van der Waals surface area contributed by atoms with Crippen LogP contribution < -0.4 is 4.74 Å². The molecule has 0 aliphatic heterocycles. The zero-order valence-electron chi connectivity index (χ0n) is 12.3. The van der Waals surface area contributed by atoms with E-state index >= 15 is 0 Å². The predicted octanol–water partition coefficient (Wildman–Crippen LogP) is 4.59. The summed E-state index contributed by atoms with van der Waals surface area (Å²) in [6.07, 6.45) is 3.21. The standard InChI is InChI=1S/C19H14ClNO2/c1-14(20)13-23-18-9-7-17(8-10-18)19(22)11-6-15-2-4-16(12-21)5-3-15/h2-11H,1,13H2/b11-6+. The lowest BCUT2D eigenvalue weighted by Crippen LogP contribution is -1.98. The van der Waals surface area contributed by atoms with Crippen molar-refractivity contribution in [1.29, 1.82) is 5.26 Å². The molecule has 0 N–H and O–H groups in total. The van der Waals surface area contributed by atoms with E-state index in [1.165, 1.54) is 6.08 Å². The van der Waals surface area contributed by atoms with Gasteiger partial charge in [0, 0.05) is 10.6 Å². The molecule has 0 radical (unpaired) electrons. The van der Waals surface area contributed by atoms with Gasteiger partial charge in [-0.1, -0.05) is 36.4 Å². The minimum Gasteiger partial charge on any atom is -0.488 e. The van der Waals surface area contributed by atoms with Gasteiger partial charge in [-0.3, -0.25) is 4.79 Å². The van der Waals surface area contributed by atoms with Gasteiger partial charge in [-0.15, -0.1) is 0 Å². The fourth-order valence-electron chi connectivity index (χ4n) is 1.81.